The number of hydrogen-bond acceptors (Lipinski definition) is 7. The molecule has 0 bridgehead atoms. The van der Waals surface area contributed by atoms with Crippen LogP contribution in [0.4, 0.5) is 5.69 Å². The SMILES string of the molecule is CN(C)S(=O)(=O)c1cccc(NC(=O)CSc2nc(-c3cccs3)nc3ccccc23)c1. The summed E-state index contributed by atoms with van der Waals surface area (Å²) in [6.07, 6.45) is 0. The molecule has 1 amide bonds. The van der Waals surface area contributed by atoms with Gasteiger partial charge in [-0.1, -0.05) is 42.1 Å². The molecule has 0 saturated heterocycles. The molecule has 0 aliphatic heterocycles. The van der Waals surface area contributed by atoms with E-state index in [0.29, 0.717) is 11.5 Å². The van der Waals surface area contributed by atoms with E-state index in [1.165, 1.54) is 38.0 Å². The molecule has 4 rings (SSSR count). The third kappa shape index (κ3) is 4.83. The maximum Gasteiger partial charge on any atom is 0.242 e. The number of fused-ring (bicyclic) bond motifs is 1. The molecule has 0 unspecified atom stereocenters. The Morgan fingerprint density at radius 3 is 2.62 bits per heavy atom. The molecule has 0 aliphatic rings. The van der Waals surface area contributed by atoms with Crippen molar-refractivity contribution in [3.05, 3.63) is 66.0 Å². The van der Waals surface area contributed by atoms with Gasteiger partial charge in [-0.3, -0.25) is 4.79 Å². The zero-order valence-corrected chi connectivity index (χ0v) is 19.8. The molecule has 2 aromatic carbocycles. The molecular formula is C22H20N4O3S3. The van der Waals surface area contributed by atoms with Gasteiger partial charge in [-0.2, -0.15) is 0 Å². The summed E-state index contributed by atoms with van der Waals surface area (Å²) in [5.41, 5.74) is 1.24. The third-order valence-electron chi connectivity index (χ3n) is 4.55. The van der Waals surface area contributed by atoms with Crippen molar-refractivity contribution in [3.8, 4) is 10.7 Å². The Balaban J connectivity index is 1.53. The number of nitrogens with one attached hydrogen (secondary N) is 1. The van der Waals surface area contributed by atoms with Crippen LogP contribution in [0.1, 0.15) is 0 Å². The second-order valence-electron chi connectivity index (χ2n) is 7.00. The third-order valence-corrected chi connectivity index (χ3v) is 8.21. The topological polar surface area (TPSA) is 92.3 Å². The van der Waals surface area contributed by atoms with E-state index in [0.717, 1.165) is 25.1 Å². The van der Waals surface area contributed by atoms with Crippen molar-refractivity contribution in [2.75, 3.05) is 25.2 Å². The standard InChI is InChI=1S/C22H20N4O3S3/c1-26(2)32(28,29)16-8-5-7-15(13-16)23-20(27)14-31-22-17-9-3-4-10-18(17)24-21(25-22)19-11-6-12-30-19/h3-13H,14H2,1-2H3,(H,23,27). The van der Waals surface area contributed by atoms with Crippen molar-refractivity contribution in [2.24, 2.45) is 0 Å². The minimum absolute atomic E-state index is 0.121. The predicted molar refractivity (Wildman–Crippen MR) is 130 cm³/mol. The maximum absolute atomic E-state index is 12.6. The second kappa shape index (κ2) is 9.37. The largest absolute Gasteiger partial charge is 0.325 e. The number of para-hydroxylation sites is 1. The van der Waals surface area contributed by atoms with E-state index in [2.05, 4.69) is 15.3 Å². The number of amides is 1. The highest BCUT2D eigenvalue weighted by molar-refractivity contribution is 8.00. The number of anilines is 1. The number of nitrogens with zero attached hydrogens (tertiary/aromatic N) is 3. The first-order chi connectivity index (χ1) is 15.3. The van der Waals surface area contributed by atoms with Crippen LogP contribution in [0.3, 0.4) is 0 Å². The first kappa shape index (κ1) is 22.4. The fraction of sp³-hybridized carbons (Fsp3) is 0.136. The van der Waals surface area contributed by atoms with Gasteiger partial charge in [0.2, 0.25) is 15.9 Å². The molecular weight excluding hydrogens is 464 g/mol. The minimum atomic E-state index is -3.58. The van der Waals surface area contributed by atoms with Crippen molar-refractivity contribution < 1.29 is 13.2 Å². The lowest BCUT2D eigenvalue weighted by Gasteiger charge is -2.13. The zero-order valence-electron chi connectivity index (χ0n) is 17.3. The summed E-state index contributed by atoms with van der Waals surface area (Å²) in [7, 11) is -0.648. The first-order valence-corrected chi connectivity index (χ1v) is 12.9. The summed E-state index contributed by atoms with van der Waals surface area (Å²) < 4.78 is 25.8. The molecule has 2 aromatic heterocycles. The van der Waals surface area contributed by atoms with Crippen LogP contribution in [0.5, 0.6) is 0 Å². The van der Waals surface area contributed by atoms with Gasteiger partial charge in [0.25, 0.3) is 0 Å². The van der Waals surface area contributed by atoms with E-state index in [9.17, 15) is 13.2 Å². The summed E-state index contributed by atoms with van der Waals surface area (Å²) >= 11 is 2.88. The molecule has 164 valence electrons. The van der Waals surface area contributed by atoms with Gasteiger partial charge in [0.1, 0.15) is 5.03 Å². The summed E-state index contributed by atoms with van der Waals surface area (Å²) in [6, 6.07) is 17.8. The normalized spacial score (nSPS) is 11.7. The van der Waals surface area contributed by atoms with Gasteiger partial charge in [0.15, 0.2) is 5.82 Å². The van der Waals surface area contributed by atoms with Gasteiger partial charge in [0, 0.05) is 25.2 Å². The van der Waals surface area contributed by atoms with Gasteiger partial charge in [-0.25, -0.2) is 22.7 Å². The summed E-state index contributed by atoms with van der Waals surface area (Å²) in [6.45, 7) is 0. The van der Waals surface area contributed by atoms with Gasteiger partial charge in [-0.15, -0.1) is 11.3 Å². The number of thioether (sulfide) groups is 1. The molecule has 0 aliphatic carbocycles. The van der Waals surface area contributed by atoms with Crippen molar-refractivity contribution in [3.63, 3.8) is 0 Å². The number of carbonyl (C=O) groups excluding carboxylic acids is 1. The number of benzene rings is 2. The second-order valence-corrected chi connectivity index (χ2v) is 11.1. The Morgan fingerprint density at radius 2 is 1.88 bits per heavy atom. The fourth-order valence-corrected chi connectivity index (χ4v) is 5.37. The van der Waals surface area contributed by atoms with E-state index in [1.54, 1.807) is 23.5 Å². The number of aromatic nitrogens is 2. The lowest BCUT2D eigenvalue weighted by Crippen LogP contribution is -2.22. The Morgan fingerprint density at radius 1 is 1.06 bits per heavy atom. The van der Waals surface area contributed by atoms with Crippen LogP contribution < -0.4 is 5.32 Å². The Hall–Kier alpha value is -2.79. The molecule has 0 fully saturated rings. The Kier molecular flexibility index (Phi) is 6.56. The van der Waals surface area contributed by atoms with Crippen LogP contribution in [0.25, 0.3) is 21.6 Å². The maximum atomic E-state index is 12.6. The fourth-order valence-electron chi connectivity index (χ4n) is 2.95. The highest BCUT2D eigenvalue weighted by Crippen LogP contribution is 2.30. The number of hydrogen-bond donors (Lipinski definition) is 1. The first-order valence-electron chi connectivity index (χ1n) is 9.60. The molecule has 0 spiro atoms. The van der Waals surface area contributed by atoms with E-state index in [1.807, 2.05) is 41.8 Å². The lowest BCUT2D eigenvalue weighted by atomic mass is 10.2. The summed E-state index contributed by atoms with van der Waals surface area (Å²) in [5, 5.41) is 6.34. The van der Waals surface area contributed by atoms with Crippen LogP contribution in [-0.4, -0.2) is 48.4 Å². The van der Waals surface area contributed by atoms with Crippen LogP contribution in [0, 0.1) is 0 Å². The number of rotatable bonds is 7. The van der Waals surface area contributed by atoms with E-state index in [-0.39, 0.29) is 16.6 Å². The molecule has 1 N–H and O–H groups in total. The van der Waals surface area contributed by atoms with E-state index >= 15 is 0 Å². The molecule has 0 saturated carbocycles. The van der Waals surface area contributed by atoms with E-state index in [4.69, 9.17) is 0 Å². The van der Waals surface area contributed by atoms with Crippen molar-refractivity contribution in [2.45, 2.75) is 9.92 Å². The zero-order chi connectivity index (χ0) is 22.7. The predicted octanol–water partition coefficient (Wildman–Crippen LogP) is 4.34. The van der Waals surface area contributed by atoms with Gasteiger partial charge >= 0.3 is 0 Å². The smallest absolute Gasteiger partial charge is 0.242 e. The molecule has 10 heteroatoms. The Bertz CT molecular complexity index is 1370. The molecule has 4 aromatic rings. The highest BCUT2D eigenvalue weighted by atomic mass is 32.2. The number of thiophene rings is 1. The van der Waals surface area contributed by atoms with Crippen LogP contribution in [-0.2, 0) is 14.8 Å². The number of sulfonamides is 1. The van der Waals surface area contributed by atoms with Crippen LogP contribution in [0.15, 0.2) is 76.0 Å². The highest BCUT2D eigenvalue weighted by Gasteiger charge is 2.18. The van der Waals surface area contributed by atoms with Crippen LogP contribution >= 0.6 is 23.1 Å². The quantitative estimate of drug-likeness (QED) is 0.310. The lowest BCUT2D eigenvalue weighted by molar-refractivity contribution is -0.113. The molecule has 0 radical (unpaired) electrons. The monoisotopic (exact) mass is 484 g/mol. The molecule has 0 atom stereocenters. The van der Waals surface area contributed by atoms with Crippen LogP contribution in [0.2, 0.25) is 0 Å². The van der Waals surface area contributed by atoms with E-state index < -0.39 is 10.0 Å². The summed E-state index contributed by atoms with van der Waals surface area (Å²) in [5.74, 6) is 0.494. The van der Waals surface area contributed by atoms with Gasteiger partial charge < -0.3 is 5.32 Å². The van der Waals surface area contributed by atoms with Crippen molar-refractivity contribution in [1.29, 1.82) is 0 Å². The molecule has 32 heavy (non-hydrogen) atoms. The van der Waals surface area contributed by atoms with Gasteiger partial charge in [-0.05, 0) is 35.7 Å². The molecule has 7 nitrogen and oxygen atoms in total. The van der Waals surface area contributed by atoms with Crippen molar-refractivity contribution in [1.82, 2.24) is 14.3 Å². The van der Waals surface area contributed by atoms with Gasteiger partial charge in [0.05, 0.1) is 21.0 Å². The summed E-state index contributed by atoms with van der Waals surface area (Å²) in [4.78, 5) is 23.0. The Labute approximate surface area is 194 Å². The molecule has 2 heterocycles. The number of carbonyl (C=O) groups is 1. The van der Waals surface area contributed by atoms with Crippen molar-refractivity contribution >= 4 is 55.6 Å². The average molecular weight is 485 g/mol. The average Bonchev–Trinajstić information content (AvgIpc) is 3.32. The minimum Gasteiger partial charge on any atom is -0.325 e.